The van der Waals surface area contributed by atoms with Crippen molar-refractivity contribution in [3.05, 3.63) is 70.6 Å². The fraction of sp³-hybridized carbons (Fsp3) is 0.452. The molecule has 1 spiro atoms. The zero-order chi connectivity index (χ0) is 27.5. The number of likely N-dealkylation sites (tertiary alicyclic amines) is 1. The summed E-state index contributed by atoms with van der Waals surface area (Å²) in [6.07, 6.45) is 3.00. The Morgan fingerprint density at radius 2 is 1.90 bits per heavy atom. The first kappa shape index (κ1) is 25.8. The highest BCUT2D eigenvalue weighted by Crippen LogP contribution is 2.50. The molecule has 39 heavy (non-hydrogen) atoms. The maximum atomic E-state index is 13.6. The van der Waals surface area contributed by atoms with Crippen LogP contribution in [0.25, 0.3) is 11.0 Å². The lowest BCUT2D eigenvalue weighted by Gasteiger charge is -2.44. The topological polar surface area (TPSA) is 78.6 Å². The van der Waals surface area contributed by atoms with E-state index in [-0.39, 0.29) is 17.4 Å². The first-order valence-electron chi connectivity index (χ1n) is 13.8. The van der Waals surface area contributed by atoms with Crippen LogP contribution in [-0.4, -0.2) is 71.5 Å². The molecule has 8 heteroatoms. The van der Waals surface area contributed by atoms with Gasteiger partial charge in [0.25, 0.3) is 5.91 Å². The maximum Gasteiger partial charge on any atom is 0.289 e. The van der Waals surface area contributed by atoms with Crippen LogP contribution >= 0.6 is 0 Å². The molecule has 4 heterocycles. The Morgan fingerprint density at radius 3 is 2.56 bits per heavy atom. The average Bonchev–Trinajstić information content (AvgIpc) is 3.32. The number of aliphatic hydroxyl groups is 1. The summed E-state index contributed by atoms with van der Waals surface area (Å²) >= 11 is 0. The second-order valence-corrected chi connectivity index (χ2v) is 10.9. The summed E-state index contributed by atoms with van der Waals surface area (Å²) in [5.41, 5.74) is 4.61. The minimum absolute atomic E-state index is 0.0653. The molecule has 2 atom stereocenters. The number of fused-ring (bicyclic) bond motifs is 4. The van der Waals surface area contributed by atoms with E-state index >= 15 is 0 Å². The van der Waals surface area contributed by atoms with Gasteiger partial charge in [-0.05, 0) is 37.5 Å². The van der Waals surface area contributed by atoms with Crippen LogP contribution in [0.1, 0.15) is 59.9 Å². The number of hydrogen-bond donors (Lipinski definition) is 1. The summed E-state index contributed by atoms with van der Waals surface area (Å²) in [5, 5.41) is 12.6. The molecular weight excluding hydrogens is 494 g/mol. The first-order chi connectivity index (χ1) is 18.8. The van der Waals surface area contributed by atoms with Gasteiger partial charge in [0.15, 0.2) is 12.1 Å². The van der Waals surface area contributed by atoms with Gasteiger partial charge in [-0.15, -0.1) is 0 Å². The Kier molecular flexibility index (Phi) is 6.35. The number of furan rings is 1. The van der Waals surface area contributed by atoms with Gasteiger partial charge in [-0.25, -0.2) is 4.90 Å². The van der Waals surface area contributed by atoms with E-state index in [1.807, 2.05) is 42.2 Å². The van der Waals surface area contributed by atoms with E-state index in [9.17, 15) is 9.90 Å². The third-order valence-electron chi connectivity index (χ3n) is 9.01. The molecule has 3 aliphatic heterocycles. The summed E-state index contributed by atoms with van der Waals surface area (Å²) in [6.45, 7) is 8.66. The molecule has 0 radical (unpaired) electrons. The molecule has 3 aliphatic rings. The molecule has 1 aromatic heterocycles. The van der Waals surface area contributed by atoms with Crippen molar-refractivity contribution in [2.75, 3.05) is 33.9 Å². The van der Waals surface area contributed by atoms with Crippen molar-refractivity contribution in [3.63, 3.8) is 0 Å². The van der Waals surface area contributed by atoms with E-state index < -0.39 is 6.35 Å². The molecule has 0 bridgehead atoms. The molecule has 0 aliphatic carbocycles. The molecule has 6 rings (SSSR count). The lowest BCUT2D eigenvalue weighted by atomic mass is 9.82. The molecule has 2 fully saturated rings. The predicted octanol–water partition coefficient (Wildman–Crippen LogP) is 4.85. The number of rotatable bonds is 4. The second-order valence-electron chi connectivity index (χ2n) is 10.9. The number of piperidine rings is 1. The monoisotopic (exact) mass is 531 g/mol. The first-order valence-corrected chi connectivity index (χ1v) is 13.8. The lowest BCUT2D eigenvalue weighted by molar-refractivity contribution is -0.0852. The highest BCUT2D eigenvalue weighted by Gasteiger charge is 2.55. The zero-order valence-electron chi connectivity index (χ0n) is 23.4. The van der Waals surface area contributed by atoms with E-state index in [2.05, 4.69) is 35.8 Å². The normalized spacial score (nSPS) is 22.5. The number of amides is 1. The van der Waals surface area contributed by atoms with Crippen LogP contribution in [0, 0.1) is 6.92 Å². The zero-order valence-corrected chi connectivity index (χ0v) is 23.4. The van der Waals surface area contributed by atoms with Crippen molar-refractivity contribution < 1.29 is 23.8 Å². The number of methoxy groups -OCH3 is 2. The number of aliphatic hydroxyl groups excluding tert-OH is 1. The summed E-state index contributed by atoms with van der Waals surface area (Å²) in [5.74, 6) is 1.98. The SMILES string of the molecule is CCN1C(O)N2Cc3cc(OC)cc(OC)c3C(C)C=C2C12CCN(C(=O)c1oc3ccccc3c1C)CC2. The van der Waals surface area contributed by atoms with Crippen LogP contribution < -0.4 is 9.47 Å². The quantitative estimate of drug-likeness (QED) is 0.516. The van der Waals surface area contributed by atoms with Gasteiger partial charge in [-0.3, -0.25) is 4.79 Å². The Hall–Kier alpha value is -3.49. The van der Waals surface area contributed by atoms with Crippen molar-refractivity contribution in [2.24, 2.45) is 0 Å². The molecule has 1 amide bonds. The molecule has 2 unspecified atom stereocenters. The number of para-hydroxylation sites is 1. The largest absolute Gasteiger partial charge is 0.497 e. The maximum absolute atomic E-state index is 13.6. The van der Waals surface area contributed by atoms with Gasteiger partial charge in [0, 0.05) is 60.4 Å². The van der Waals surface area contributed by atoms with Crippen LogP contribution in [0.2, 0.25) is 0 Å². The van der Waals surface area contributed by atoms with Crippen molar-refractivity contribution in [1.82, 2.24) is 14.7 Å². The smallest absolute Gasteiger partial charge is 0.289 e. The number of allylic oxidation sites excluding steroid dienone is 1. The third-order valence-corrected chi connectivity index (χ3v) is 9.01. The van der Waals surface area contributed by atoms with Gasteiger partial charge in [-0.1, -0.05) is 38.1 Å². The molecule has 2 saturated heterocycles. The molecule has 206 valence electrons. The van der Waals surface area contributed by atoms with Crippen molar-refractivity contribution >= 4 is 16.9 Å². The predicted molar refractivity (Wildman–Crippen MR) is 149 cm³/mol. The van der Waals surface area contributed by atoms with Crippen LogP contribution in [0.15, 0.2) is 52.6 Å². The lowest BCUT2D eigenvalue weighted by Crippen LogP contribution is -2.55. The van der Waals surface area contributed by atoms with Crippen molar-refractivity contribution in [1.29, 1.82) is 0 Å². The summed E-state index contributed by atoms with van der Waals surface area (Å²) in [6, 6.07) is 11.8. The number of benzene rings is 2. The van der Waals surface area contributed by atoms with E-state index in [0.717, 1.165) is 57.7 Å². The summed E-state index contributed by atoms with van der Waals surface area (Å²) in [4.78, 5) is 19.8. The fourth-order valence-electron chi connectivity index (χ4n) is 7.05. The van der Waals surface area contributed by atoms with Gasteiger partial charge < -0.3 is 28.8 Å². The van der Waals surface area contributed by atoms with E-state index in [0.29, 0.717) is 31.9 Å². The van der Waals surface area contributed by atoms with E-state index in [1.54, 1.807) is 14.2 Å². The Morgan fingerprint density at radius 1 is 1.15 bits per heavy atom. The summed E-state index contributed by atoms with van der Waals surface area (Å²) < 4.78 is 17.3. The van der Waals surface area contributed by atoms with Crippen LogP contribution in [-0.2, 0) is 6.54 Å². The molecule has 1 N–H and O–H groups in total. The number of likely N-dealkylation sites (N-methyl/N-ethyl adjacent to an activating group) is 1. The highest BCUT2D eigenvalue weighted by molar-refractivity contribution is 5.99. The van der Waals surface area contributed by atoms with E-state index in [1.165, 1.54) is 0 Å². The number of carbonyl (C=O) groups is 1. The van der Waals surface area contributed by atoms with Gasteiger partial charge in [0.05, 0.1) is 19.8 Å². The third kappa shape index (κ3) is 3.84. The van der Waals surface area contributed by atoms with Gasteiger partial charge >= 0.3 is 0 Å². The number of hydrogen-bond acceptors (Lipinski definition) is 7. The number of nitrogens with zero attached hydrogens (tertiary/aromatic N) is 3. The summed E-state index contributed by atoms with van der Waals surface area (Å²) in [7, 11) is 3.35. The Bertz CT molecular complexity index is 1450. The van der Waals surface area contributed by atoms with Gasteiger partial charge in [0.1, 0.15) is 17.1 Å². The molecular formula is C31H37N3O5. The van der Waals surface area contributed by atoms with Crippen molar-refractivity contribution in [3.8, 4) is 11.5 Å². The molecule has 2 aromatic carbocycles. The minimum atomic E-state index is -0.753. The van der Waals surface area contributed by atoms with Gasteiger partial charge in [0.2, 0.25) is 0 Å². The highest BCUT2D eigenvalue weighted by atomic mass is 16.5. The number of aryl methyl sites for hydroxylation is 1. The second kappa shape index (κ2) is 9.61. The van der Waals surface area contributed by atoms with Crippen LogP contribution in [0.5, 0.6) is 11.5 Å². The Balaban J connectivity index is 1.32. The molecule has 3 aromatic rings. The molecule has 8 nitrogen and oxygen atoms in total. The standard InChI is InChI=1S/C31H37N3O5/c1-6-34-30(36)33-18-21-16-22(37-4)17-25(38-5)27(21)19(2)15-26(33)31(34)11-13-32(14-12-31)29(35)28-20(3)23-9-7-8-10-24(23)39-28/h7-10,15-17,19,30,36H,6,11-14,18H2,1-5H3. The number of carbonyl (C=O) groups excluding carboxylic acids is 1. The number of ether oxygens (including phenoxy) is 2. The van der Waals surface area contributed by atoms with E-state index in [4.69, 9.17) is 13.9 Å². The van der Waals surface area contributed by atoms with Crippen LogP contribution in [0.3, 0.4) is 0 Å². The van der Waals surface area contributed by atoms with Crippen LogP contribution in [0.4, 0.5) is 0 Å². The average molecular weight is 532 g/mol. The van der Waals surface area contributed by atoms with Crippen molar-refractivity contribution in [2.45, 2.75) is 58.0 Å². The Labute approximate surface area is 229 Å². The molecule has 0 saturated carbocycles. The minimum Gasteiger partial charge on any atom is -0.497 e. The fourth-order valence-corrected chi connectivity index (χ4v) is 7.05. The van der Waals surface area contributed by atoms with Gasteiger partial charge in [-0.2, -0.15) is 0 Å².